The molecule has 13 heavy (non-hydrogen) atoms. The molecule has 1 amide bonds. The van der Waals surface area contributed by atoms with E-state index in [2.05, 4.69) is 5.32 Å². The van der Waals surface area contributed by atoms with Gasteiger partial charge >= 0.3 is 5.97 Å². The first-order valence-corrected chi connectivity index (χ1v) is 3.89. The third kappa shape index (κ3) is 4.15. The van der Waals surface area contributed by atoms with Gasteiger partial charge in [-0.3, -0.25) is 4.79 Å². The van der Waals surface area contributed by atoms with E-state index in [1.54, 1.807) is 21.0 Å². The molecule has 0 aromatic rings. The van der Waals surface area contributed by atoms with Gasteiger partial charge in [-0.25, -0.2) is 4.79 Å². The van der Waals surface area contributed by atoms with Gasteiger partial charge in [0.1, 0.15) is 5.70 Å². The average molecular weight is 186 g/mol. The van der Waals surface area contributed by atoms with E-state index >= 15 is 0 Å². The zero-order valence-electron chi connectivity index (χ0n) is 8.00. The maximum absolute atomic E-state index is 11.1. The Morgan fingerprint density at radius 2 is 2.00 bits per heavy atom. The molecule has 0 aromatic heterocycles. The van der Waals surface area contributed by atoms with Gasteiger partial charge in [-0.1, -0.05) is 0 Å². The lowest BCUT2D eigenvalue weighted by atomic mass is 10.3. The summed E-state index contributed by atoms with van der Waals surface area (Å²) in [5, 5.41) is 11.2. The first-order valence-electron chi connectivity index (χ1n) is 3.89. The molecule has 0 unspecified atom stereocenters. The van der Waals surface area contributed by atoms with Crippen molar-refractivity contribution >= 4 is 11.9 Å². The number of amides is 1. The SMILES string of the molecule is CCN/C(=C/C(=O)N(C)C)C(=O)O. The zero-order chi connectivity index (χ0) is 10.4. The molecular weight excluding hydrogens is 172 g/mol. The summed E-state index contributed by atoms with van der Waals surface area (Å²) in [6.45, 7) is 2.23. The van der Waals surface area contributed by atoms with Crippen LogP contribution < -0.4 is 5.32 Å². The Morgan fingerprint density at radius 3 is 2.31 bits per heavy atom. The molecule has 0 heterocycles. The number of nitrogens with zero attached hydrogens (tertiary/aromatic N) is 1. The molecule has 0 radical (unpaired) electrons. The minimum Gasteiger partial charge on any atom is -0.477 e. The van der Waals surface area contributed by atoms with Gasteiger partial charge in [0.2, 0.25) is 5.91 Å². The van der Waals surface area contributed by atoms with Crippen LogP contribution in [0.3, 0.4) is 0 Å². The summed E-state index contributed by atoms with van der Waals surface area (Å²) in [5.41, 5.74) is -0.0822. The summed E-state index contributed by atoms with van der Waals surface area (Å²) in [6.07, 6.45) is 1.06. The average Bonchev–Trinajstić information content (AvgIpc) is 2.03. The number of hydrogen-bond acceptors (Lipinski definition) is 3. The van der Waals surface area contributed by atoms with Crippen LogP contribution in [0.25, 0.3) is 0 Å². The van der Waals surface area contributed by atoms with Crippen LogP contribution in [0, 0.1) is 0 Å². The van der Waals surface area contributed by atoms with Crippen LogP contribution in [-0.4, -0.2) is 42.5 Å². The second-order valence-electron chi connectivity index (χ2n) is 2.63. The first kappa shape index (κ1) is 11.5. The number of hydrogen-bond donors (Lipinski definition) is 2. The second kappa shape index (κ2) is 5.18. The van der Waals surface area contributed by atoms with Crippen LogP contribution >= 0.6 is 0 Å². The van der Waals surface area contributed by atoms with Gasteiger partial charge in [-0.05, 0) is 6.92 Å². The molecular formula is C8H14N2O3. The Labute approximate surface area is 77.0 Å². The van der Waals surface area contributed by atoms with E-state index in [-0.39, 0.29) is 11.6 Å². The fraction of sp³-hybridized carbons (Fsp3) is 0.500. The van der Waals surface area contributed by atoms with E-state index in [0.717, 1.165) is 6.08 Å². The number of aliphatic carboxylic acids is 1. The van der Waals surface area contributed by atoms with Crippen LogP contribution in [0.5, 0.6) is 0 Å². The fourth-order valence-corrected chi connectivity index (χ4v) is 0.631. The Balaban J connectivity index is 4.53. The van der Waals surface area contributed by atoms with Crippen LogP contribution in [0.1, 0.15) is 6.92 Å². The highest BCUT2D eigenvalue weighted by atomic mass is 16.4. The second-order valence-corrected chi connectivity index (χ2v) is 2.63. The molecule has 0 fully saturated rings. The number of carboxylic acids is 1. The molecule has 0 aliphatic carbocycles. The van der Waals surface area contributed by atoms with Gasteiger partial charge in [0.25, 0.3) is 0 Å². The minimum atomic E-state index is -1.13. The van der Waals surface area contributed by atoms with Gasteiger partial charge in [-0.15, -0.1) is 0 Å². The number of carbonyl (C=O) groups is 2. The monoisotopic (exact) mass is 186 g/mol. The number of rotatable bonds is 4. The number of carboxylic acid groups (broad SMARTS) is 1. The number of carbonyl (C=O) groups excluding carboxylic acids is 1. The summed E-state index contributed by atoms with van der Waals surface area (Å²) in [4.78, 5) is 22.9. The number of nitrogens with one attached hydrogen (secondary N) is 1. The molecule has 0 rings (SSSR count). The minimum absolute atomic E-state index is 0.0822. The van der Waals surface area contributed by atoms with Crippen molar-refractivity contribution in [1.29, 1.82) is 0 Å². The van der Waals surface area contributed by atoms with Gasteiger partial charge in [0.15, 0.2) is 0 Å². The quantitative estimate of drug-likeness (QED) is 0.589. The highest BCUT2D eigenvalue weighted by molar-refractivity contribution is 5.97. The summed E-state index contributed by atoms with van der Waals surface area (Å²) >= 11 is 0. The zero-order valence-corrected chi connectivity index (χ0v) is 8.00. The van der Waals surface area contributed by atoms with Gasteiger partial charge in [0, 0.05) is 26.7 Å². The highest BCUT2D eigenvalue weighted by Gasteiger charge is 2.09. The van der Waals surface area contributed by atoms with E-state index in [4.69, 9.17) is 5.11 Å². The van der Waals surface area contributed by atoms with Gasteiger partial charge < -0.3 is 15.3 Å². The summed E-state index contributed by atoms with van der Waals surface area (Å²) in [7, 11) is 3.12. The largest absolute Gasteiger partial charge is 0.477 e. The Morgan fingerprint density at radius 1 is 1.46 bits per heavy atom. The summed E-state index contributed by atoms with van der Waals surface area (Å²) in [6, 6.07) is 0. The van der Waals surface area contributed by atoms with Crippen molar-refractivity contribution in [2.75, 3.05) is 20.6 Å². The third-order valence-electron chi connectivity index (χ3n) is 1.31. The predicted molar refractivity (Wildman–Crippen MR) is 48.1 cm³/mol. The van der Waals surface area contributed by atoms with Crippen LogP contribution in [0.4, 0.5) is 0 Å². The molecule has 5 heteroatoms. The fourth-order valence-electron chi connectivity index (χ4n) is 0.631. The van der Waals surface area contributed by atoms with E-state index in [9.17, 15) is 9.59 Å². The van der Waals surface area contributed by atoms with E-state index in [1.807, 2.05) is 0 Å². The molecule has 0 saturated carbocycles. The predicted octanol–water partition coefficient (Wildman–Crippen LogP) is -0.347. The van der Waals surface area contributed by atoms with Crippen LogP contribution in [-0.2, 0) is 9.59 Å². The van der Waals surface area contributed by atoms with Crippen molar-refractivity contribution in [2.24, 2.45) is 0 Å². The first-order chi connectivity index (χ1) is 5.99. The standard InChI is InChI=1S/C8H14N2O3/c1-4-9-6(8(12)13)5-7(11)10(2)3/h5,9H,4H2,1-3H3,(H,12,13)/b6-5+. The molecule has 0 aliphatic rings. The molecule has 0 aromatic carbocycles. The normalized spacial score (nSPS) is 10.8. The van der Waals surface area contributed by atoms with Crippen molar-refractivity contribution in [3.63, 3.8) is 0 Å². The highest BCUT2D eigenvalue weighted by Crippen LogP contribution is 1.91. The molecule has 0 aliphatic heterocycles. The van der Waals surface area contributed by atoms with Crippen molar-refractivity contribution < 1.29 is 14.7 Å². The van der Waals surface area contributed by atoms with Crippen molar-refractivity contribution in [2.45, 2.75) is 6.92 Å². The van der Waals surface area contributed by atoms with Gasteiger partial charge in [-0.2, -0.15) is 0 Å². The van der Waals surface area contributed by atoms with E-state index < -0.39 is 5.97 Å². The number of likely N-dealkylation sites (N-methyl/N-ethyl adjacent to an activating group) is 2. The Bertz CT molecular complexity index is 234. The topological polar surface area (TPSA) is 69.6 Å². The molecule has 74 valence electrons. The van der Waals surface area contributed by atoms with Crippen molar-refractivity contribution in [3.8, 4) is 0 Å². The van der Waals surface area contributed by atoms with Crippen LogP contribution in [0.2, 0.25) is 0 Å². The van der Waals surface area contributed by atoms with E-state index in [0.29, 0.717) is 6.54 Å². The lowest BCUT2D eigenvalue weighted by Gasteiger charge is -2.08. The molecule has 0 saturated heterocycles. The smallest absolute Gasteiger partial charge is 0.352 e. The maximum atomic E-state index is 11.1. The van der Waals surface area contributed by atoms with Crippen molar-refractivity contribution in [1.82, 2.24) is 10.2 Å². The molecule has 0 bridgehead atoms. The summed E-state index contributed by atoms with van der Waals surface area (Å²) in [5.74, 6) is -1.48. The van der Waals surface area contributed by atoms with E-state index in [1.165, 1.54) is 4.90 Å². The summed E-state index contributed by atoms with van der Waals surface area (Å²) < 4.78 is 0. The molecule has 2 N–H and O–H groups in total. The van der Waals surface area contributed by atoms with Crippen molar-refractivity contribution in [3.05, 3.63) is 11.8 Å². The van der Waals surface area contributed by atoms with Gasteiger partial charge in [0.05, 0.1) is 0 Å². The Hall–Kier alpha value is -1.52. The molecule has 0 atom stereocenters. The third-order valence-corrected chi connectivity index (χ3v) is 1.31. The molecule has 0 spiro atoms. The lowest BCUT2D eigenvalue weighted by molar-refractivity contribution is -0.133. The molecule has 5 nitrogen and oxygen atoms in total. The maximum Gasteiger partial charge on any atom is 0.352 e. The lowest BCUT2D eigenvalue weighted by Crippen LogP contribution is -2.25. The Kier molecular flexibility index (Phi) is 4.58. The van der Waals surface area contributed by atoms with Crippen LogP contribution in [0.15, 0.2) is 11.8 Å².